The molecule has 0 atom stereocenters. The number of carboxylic acids is 2. The van der Waals surface area contributed by atoms with E-state index < -0.39 is 45.4 Å². The molecule has 0 saturated heterocycles. The Morgan fingerprint density at radius 3 is 2.12 bits per heavy atom. The smallest absolute Gasteiger partial charge is 0.342 e. The van der Waals surface area contributed by atoms with Gasteiger partial charge in [-0.3, -0.25) is 4.79 Å². The van der Waals surface area contributed by atoms with E-state index in [9.17, 15) is 29.7 Å². The first kappa shape index (κ1) is 18.1. The van der Waals surface area contributed by atoms with Crippen molar-refractivity contribution < 1.29 is 24.9 Å². The number of phenolic OH excluding ortho intramolecular Hbond substituents is 1. The largest absolute Gasteiger partial charge is 0.507 e. The topological polar surface area (TPSA) is 154 Å². The van der Waals surface area contributed by atoms with Crippen LogP contribution in [-0.2, 0) is 5.41 Å². The number of carboxylic acid groups (broad SMARTS) is 2. The molecule has 0 saturated carbocycles. The highest BCUT2D eigenvalue weighted by Crippen LogP contribution is 2.41. The Morgan fingerprint density at radius 1 is 1.08 bits per heavy atom. The van der Waals surface area contributed by atoms with Crippen molar-refractivity contribution in [2.75, 3.05) is 5.73 Å². The summed E-state index contributed by atoms with van der Waals surface area (Å²) in [6.07, 6.45) is 0. The summed E-state index contributed by atoms with van der Waals surface area (Å²) in [5.41, 5.74) is 2.62. The second-order valence-electron chi connectivity index (χ2n) is 6.55. The minimum Gasteiger partial charge on any atom is -0.507 e. The first-order chi connectivity index (χ1) is 11.5. The Balaban J connectivity index is 3.05. The molecular weight excluding hydrogens is 328 g/mol. The van der Waals surface area contributed by atoms with Crippen molar-refractivity contribution in [3.05, 3.63) is 45.2 Å². The lowest BCUT2D eigenvalue weighted by molar-refractivity contribution is 0.0695. The van der Waals surface area contributed by atoms with Crippen molar-refractivity contribution >= 4 is 17.8 Å². The highest BCUT2D eigenvalue weighted by molar-refractivity contribution is 6.08. The van der Waals surface area contributed by atoms with Gasteiger partial charge in [-0.15, -0.1) is 0 Å². The van der Waals surface area contributed by atoms with Crippen molar-refractivity contribution in [3.63, 3.8) is 0 Å². The van der Waals surface area contributed by atoms with Crippen LogP contribution in [0, 0.1) is 0 Å². The van der Waals surface area contributed by atoms with Crippen LogP contribution in [0.15, 0.2) is 23.0 Å². The first-order valence-electron chi connectivity index (χ1n) is 7.32. The predicted molar refractivity (Wildman–Crippen MR) is 91.2 cm³/mol. The standard InChI is InChI=1S/C17H18N2O6/c1-17(2,3)8-6-4-5-7(12(8)20)9-10(15(22)23)13(18)19-14(21)11(9)16(24)25/h4-6,20H,1-3H3,(H,22,23)(H,24,25)(H3,18,19,21). The third-order valence-corrected chi connectivity index (χ3v) is 3.79. The summed E-state index contributed by atoms with van der Waals surface area (Å²) >= 11 is 0. The van der Waals surface area contributed by atoms with E-state index in [2.05, 4.69) is 0 Å². The van der Waals surface area contributed by atoms with E-state index in [1.165, 1.54) is 6.07 Å². The van der Waals surface area contributed by atoms with Gasteiger partial charge in [0.2, 0.25) is 0 Å². The van der Waals surface area contributed by atoms with Crippen LogP contribution in [0.1, 0.15) is 47.1 Å². The number of hydrogen-bond donors (Lipinski definition) is 5. The predicted octanol–water partition coefficient (Wildman–Crippen LogP) is 2.02. The Labute approximate surface area is 142 Å². The Bertz CT molecular complexity index is 937. The molecule has 0 bridgehead atoms. The Morgan fingerprint density at radius 2 is 1.64 bits per heavy atom. The molecule has 132 valence electrons. The zero-order valence-electron chi connectivity index (χ0n) is 13.9. The lowest BCUT2D eigenvalue weighted by Gasteiger charge is -2.22. The van der Waals surface area contributed by atoms with E-state index in [-0.39, 0.29) is 11.3 Å². The van der Waals surface area contributed by atoms with Gasteiger partial charge in [0.25, 0.3) is 5.56 Å². The fourth-order valence-corrected chi connectivity index (χ4v) is 2.67. The minimum atomic E-state index is -1.63. The van der Waals surface area contributed by atoms with E-state index in [1.54, 1.807) is 12.1 Å². The number of H-pyrrole nitrogens is 1. The van der Waals surface area contributed by atoms with Crippen molar-refractivity contribution in [3.8, 4) is 16.9 Å². The number of para-hydroxylation sites is 1. The molecule has 1 aromatic carbocycles. The number of aromatic carboxylic acids is 2. The molecule has 1 aromatic heterocycles. The summed E-state index contributed by atoms with van der Waals surface area (Å²) < 4.78 is 0. The molecule has 2 rings (SSSR count). The van der Waals surface area contributed by atoms with Crippen LogP contribution in [0.3, 0.4) is 0 Å². The van der Waals surface area contributed by atoms with Gasteiger partial charge in [0.15, 0.2) is 0 Å². The van der Waals surface area contributed by atoms with Crippen LogP contribution in [0.25, 0.3) is 11.1 Å². The van der Waals surface area contributed by atoms with Gasteiger partial charge in [0.05, 0.1) is 0 Å². The molecule has 0 aliphatic heterocycles. The van der Waals surface area contributed by atoms with E-state index >= 15 is 0 Å². The summed E-state index contributed by atoms with van der Waals surface area (Å²) in [5.74, 6) is -3.94. The molecule has 0 radical (unpaired) electrons. The highest BCUT2D eigenvalue weighted by Gasteiger charge is 2.30. The number of rotatable bonds is 3. The summed E-state index contributed by atoms with van der Waals surface area (Å²) in [5, 5.41) is 29.5. The van der Waals surface area contributed by atoms with Crippen LogP contribution < -0.4 is 11.3 Å². The van der Waals surface area contributed by atoms with Gasteiger partial charge in [0, 0.05) is 11.1 Å². The maximum atomic E-state index is 12.1. The van der Waals surface area contributed by atoms with Gasteiger partial charge in [-0.25, -0.2) is 9.59 Å². The molecule has 25 heavy (non-hydrogen) atoms. The van der Waals surface area contributed by atoms with Crippen LogP contribution in [-0.4, -0.2) is 32.2 Å². The van der Waals surface area contributed by atoms with E-state index in [0.29, 0.717) is 5.56 Å². The molecule has 0 unspecified atom stereocenters. The van der Waals surface area contributed by atoms with Gasteiger partial charge in [-0.1, -0.05) is 39.0 Å². The number of nitrogens with two attached hydrogens (primary N) is 1. The zero-order valence-corrected chi connectivity index (χ0v) is 13.9. The summed E-state index contributed by atoms with van der Waals surface area (Å²) in [7, 11) is 0. The molecular formula is C17H18N2O6. The third kappa shape index (κ3) is 3.06. The number of aromatic hydroxyl groups is 1. The van der Waals surface area contributed by atoms with E-state index in [4.69, 9.17) is 5.73 Å². The average molecular weight is 346 g/mol. The molecule has 8 heteroatoms. The lowest BCUT2D eigenvalue weighted by atomic mass is 9.83. The number of aromatic amines is 1. The van der Waals surface area contributed by atoms with Gasteiger partial charge in [0.1, 0.15) is 22.7 Å². The summed E-state index contributed by atoms with van der Waals surface area (Å²) in [6, 6.07) is 4.53. The number of phenols is 1. The van der Waals surface area contributed by atoms with Gasteiger partial charge in [-0.2, -0.15) is 0 Å². The molecule has 1 heterocycles. The fourth-order valence-electron chi connectivity index (χ4n) is 2.67. The number of carbonyl (C=O) groups is 2. The maximum absolute atomic E-state index is 12.1. The summed E-state index contributed by atoms with van der Waals surface area (Å²) in [4.78, 5) is 37.3. The van der Waals surface area contributed by atoms with Crippen LogP contribution >= 0.6 is 0 Å². The number of pyridine rings is 1. The first-order valence-corrected chi connectivity index (χ1v) is 7.32. The number of anilines is 1. The van der Waals surface area contributed by atoms with E-state index in [1.807, 2.05) is 25.8 Å². The Kier molecular flexibility index (Phi) is 4.31. The number of benzene rings is 1. The monoisotopic (exact) mass is 346 g/mol. The molecule has 0 spiro atoms. The number of aromatic nitrogens is 1. The second kappa shape index (κ2) is 5.97. The van der Waals surface area contributed by atoms with Crippen molar-refractivity contribution in [2.24, 2.45) is 0 Å². The van der Waals surface area contributed by atoms with Gasteiger partial charge in [-0.05, 0) is 11.0 Å². The molecule has 0 amide bonds. The van der Waals surface area contributed by atoms with Crippen molar-refractivity contribution in [1.29, 1.82) is 0 Å². The Hall–Kier alpha value is -3.29. The zero-order chi connectivity index (χ0) is 19.1. The minimum absolute atomic E-state index is 0.0833. The average Bonchev–Trinajstić information content (AvgIpc) is 2.44. The van der Waals surface area contributed by atoms with Crippen LogP contribution in [0.5, 0.6) is 5.75 Å². The molecule has 0 aliphatic carbocycles. The fraction of sp³-hybridized carbons (Fsp3) is 0.235. The third-order valence-electron chi connectivity index (χ3n) is 3.79. The summed E-state index contributed by atoms with van der Waals surface area (Å²) in [6.45, 7) is 5.48. The maximum Gasteiger partial charge on any atom is 0.342 e. The number of nitrogen functional groups attached to an aromatic ring is 1. The lowest BCUT2D eigenvalue weighted by Crippen LogP contribution is -2.24. The molecule has 0 fully saturated rings. The number of nitrogens with one attached hydrogen (secondary N) is 1. The molecule has 8 nitrogen and oxygen atoms in total. The van der Waals surface area contributed by atoms with Gasteiger partial charge >= 0.3 is 11.9 Å². The SMILES string of the molecule is CC(C)(C)c1cccc(-c2c(C(=O)O)c(N)[nH]c(=O)c2C(=O)O)c1O. The second-order valence-corrected chi connectivity index (χ2v) is 6.55. The van der Waals surface area contributed by atoms with Crippen molar-refractivity contribution in [1.82, 2.24) is 4.98 Å². The molecule has 2 aromatic rings. The van der Waals surface area contributed by atoms with Crippen LogP contribution in [0.4, 0.5) is 5.82 Å². The van der Waals surface area contributed by atoms with E-state index in [0.717, 1.165) is 0 Å². The highest BCUT2D eigenvalue weighted by atomic mass is 16.4. The molecule has 6 N–H and O–H groups in total. The van der Waals surface area contributed by atoms with Crippen LogP contribution in [0.2, 0.25) is 0 Å². The van der Waals surface area contributed by atoms with Crippen molar-refractivity contribution in [2.45, 2.75) is 26.2 Å². The van der Waals surface area contributed by atoms with Gasteiger partial charge < -0.3 is 26.0 Å². The molecule has 0 aliphatic rings. The quantitative estimate of drug-likeness (QED) is 0.569. The number of hydrogen-bond acceptors (Lipinski definition) is 5. The normalized spacial score (nSPS) is 11.3.